The highest BCUT2D eigenvalue weighted by Crippen LogP contribution is 2.36. The van der Waals surface area contributed by atoms with Gasteiger partial charge in [-0.1, -0.05) is 68.8 Å². The maximum absolute atomic E-state index is 14.2. The smallest absolute Gasteiger partial charge is 0.264 e. The molecule has 0 aliphatic carbocycles. The summed E-state index contributed by atoms with van der Waals surface area (Å²) in [5.41, 5.74) is 2.04. The maximum Gasteiger partial charge on any atom is 0.264 e. The maximum atomic E-state index is 14.2. The van der Waals surface area contributed by atoms with E-state index in [1.54, 1.807) is 24.3 Å². The second kappa shape index (κ2) is 15.4. The Hall–Kier alpha value is -4.05. The van der Waals surface area contributed by atoms with Crippen molar-refractivity contribution < 1.29 is 27.5 Å². The van der Waals surface area contributed by atoms with Crippen molar-refractivity contribution in [3.05, 3.63) is 83.9 Å². The molecule has 0 spiro atoms. The topological polar surface area (TPSA) is 105 Å². The van der Waals surface area contributed by atoms with Gasteiger partial charge in [-0.2, -0.15) is 0 Å². The lowest BCUT2D eigenvalue weighted by molar-refractivity contribution is -0.139. The third-order valence-corrected chi connectivity index (χ3v) is 8.87. The number of nitrogens with one attached hydrogen (secondary N) is 1. The zero-order valence-corrected chi connectivity index (χ0v) is 26.7. The van der Waals surface area contributed by atoms with Crippen LogP contribution in [-0.4, -0.2) is 65.0 Å². The Balaban J connectivity index is 2.09. The summed E-state index contributed by atoms with van der Waals surface area (Å²) in [6, 6.07) is 20.1. The van der Waals surface area contributed by atoms with Crippen LogP contribution in [0, 0.1) is 12.8 Å². The summed E-state index contributed by atoms with van der Waals surface area (Å²) in [5.74, 6) is 0.0905. The minimum absolute atomic E-state index is 0.0216. The van der Waals surface area contributed by atoms with Crippen LogP contribution in [0.2, 0.25) is 0 Å². The Morgan fingerprint density at radius 2 is 1.60 bits per heavy atom. The minimum Gasteiger partial charge on any atom is -0.497 e. The number of methoxy groups -OCH3 is 2. The van der Waals surface area contributed by atoms with Crippen molar-refractivity contribution in [1.82, 2.24) is 10.2 Å². The van der Waals surface area contributed by atoms with E-state index >= 15 is 0 Å². The molecular weight excluding hydrogens is 566 g/mol. The fourth-order valence-electron chi connectivity index (χ4n) is 4.66. The molecule has 43 heavy (non-hydrogen) atoms. The molecule has 0 aliphatic heterocycles. The average molecular weight is 610 g/mol. The lowest BCUT2D eigenvalue weighted by Crippen LogP contribution is -2.53. The number of aryl methyl sites for hydroxylation is 1. The molecule has 9 nitrogen and oxygen atoms in total. The van der Waals surface area contributed by atoms with Crippen LogP contribution in [0.15, 0.2) is 77.7 Å². The van der Waals surface area contributed by atoms with Gasteiger partial charge < -0.3 is 19.7 Å². The summed E-state index contributed by atoms with van der Waals surface area (Å²) in [4.78, 5) is 29.1. The van der Waals surface area contributed by atoms with Crippen molar-refractivity contribution in [2.75, 3.05) is 38.2 Å². The standard InChI is InChI=1S/C33H43N3O6S/c1-7-29(33(38)34-22-24(2)3)35(20-19-26-11-9-8-10-12-26)32(37)23-36(30-21-27(41-5)15-18-31(30)42-6)43(39,40)28-16-13-25(4)14-17-28/h8-18,21,24,29H,7,19-20,22-23H2,1-6H3,(H,34,38). The summed E-state index contributed by atoms with van der Waals surface area (Å²) in [5, 5.41) is 2.95. The fraction of sp³-hybridized carbons (Fsp3) is 0.394. The second-order valence-electron chi connectivity index (χ2n) is 10.7. The lowest BCUT2D eigenvalue weighted by atomic mass is 10.1. The van der Waals surface area contributed by atoms with Crippen LogP contribution in [0.1, 0.15) is 38.3 Å². The Bertz CT molecular complexity index is 1460. The van der Waals surface area contributed by atoms with E-state index in [4.69, 9.17) is 9.47 Å². The van der Waals surface area contributed by atoms with Gasteiger partial charge in [-0.05, 0) is 55.5 Å². The van der Waals surface area contributed by atoms with Crippen molar-refractivity contribution in [2.45, 2.75) is 51.5 Å². The van der Waals surface area contributed by atoms with Crippen molar-refractivity contribution >= 4 is 27.5 Å². The zero-order chi connectivity index (χ0) is 31.6. The molecular formula is C33H43N3O6S. The van der Waals surface area contributed by atoms with Crippen LogP contribution < -0.4 is 19.1 Å². The SMILES string of the molecule is CCC(C(=O)NCC(C)C)N(CCc1ccccc1)C(=O)CN(c1cc(OC)ccc1OC)S(=O)(=O)c1ccc(C)cc1. The van der Waals surface area contributed by atoms with Gasteiger partial charge in [-0.25, -0.2) is 8.42 Å². The summed E-state index contributed by atoms with van der Waals surface area (Å²) in [7, 11) is -1.34. The summed E-state index contributed by atoms with van der Waals surface area (Å²) in [6.07, 6.45) is 0.853. The van der Waals surface area contributed by atoms with E-state index in [1.165, 1.54) is 37.3 Å². The zero-order valence-electron chi connectivity index (χ0n) is 25.9. The molecule has 232 valence electrons. The quantitative estimate of drug-likeness (QED) is 0.265. The molecule has 1 N–H and O–H groups in total. The molecule has 0 aromatic heterocycles. The van der Waals surface area contributed by atoms with Gasteiger partial charge in [0.1, 0.15) is 24.1 Å². The predicted octanol–water partition coefficient (Wildman–Crippen LogP) is 4.83. The van der Waals surface area contributed by atoms with Crippen LogP contribution >= 0.6 is 0 Å². The molecule has 3 rings (SSSR count). The van der Waals surface area contributed by atoms with Crippen molar-refractivity contribution in [2.24, 2.45) is 5.92 Å². The molecule has 0 saturated heterocycles. The van der Waals surface area contributed by atoms with Crippen molar-refractivity contribution in [3.63, 3.8) is 0 Å². The van der Waals surface area contributed by atoms with Gasteiger partial charge in [0.15, 0.2) is 0 Å². The van der Waals surface area contributed by atoms with Gasteiger partial charge in [0, 0.05) is 19.2 Å². The number of sulfonamides is 1. The first-order valence-electron chi connectivity index (χ1n) is 14.4. The summed E-state index contributed by atoms with van der Waals surface area (Å²) >= 11 is 0. The van der Waals surface area contributed by atoms with E-state index in [9.17, 15) is 18.0 Å². The fourth-order valence-corrected chi connectivity index (χ4v) is 6.08. The number of hydrogen-bond donors (Lipinski definition) is 1. The minimum atomic E-state index is -4.25. The third kappa shape index (κ3) is 8.73. The number of carbonyl (C=O) groups is 2. The van der Waals surface area contributed by atoms with Crippen molar-refractivity contribution in [3.8, 4) is 11.5 Å². The first-order valence-corrected chi connectivity index (χ1v) is 15.9. The molecule has 2 amide bonds. The highest BCUT2D eigenvalue weighted by Gasteiger charge is 2.34. The molecule has 1 unspecified atom stereocenters. The largest absolute Gasteiger partial charge is 0.497 e. The number of ether oxygens (including phenoxy) is 2. The van der Waals surface area contributed by atoms with Gasteiger partial charge in [-0.15, -0.1) is 0 Å². The van der Waals surface area contributed by atoms with Gasteiger partial charge in [0.05, 0.1) is 24.8 Å². The first-order chi connectivity index (χ1) is 20.5. The van der Waals surface area contributed by atoms with E-state index in [0.29, 0.717) is 25.1 Å². The summed E-state index contributed by atoms with van der Waals surface area (Å²) < 4.78 is 40.3. The molecule has 1 atom stereocenters. The number of rotatable bonds is 15. The molecule has 0 radical (unpaired) electrons. The number of carbonyl (C=O) groups excluding carboxylic acids is 2. The van der Waals surface area contributed by atoms with Gasteiger partial charge in [-0.3, -0.25) is 13.9 Å². The third-order valence-electron chi connectivity index (χ3n) is 7.10. The number of hydrogen-bond acceptors (Lipinski definition) is 6. The van der Waals surface area contributed by atoms with Crippen LogP contribution in [0.3, 0.4) is 0 Å². The van der Waals surface area contributed by atoms with Gasteiger partial charge >= 0.3 is 0 Å². The first kappa shape index (κ1) is 33.5. The molecule has 3 aromatic carbocycles. The number of nitrogens with zero attached hydrogens (tertiary/aromatic N) is 2. The van der Waals surface area contributed by atoms with E-state index < -0.39 is 28.5 Å². The van der Waals surface area contributed by atoms with Crippen LogP contribution in [0.25, 0.3) is 0 Å². The predicted molar refractivity (Wildman–Crippen MR) is 169 cm³/mol. The molecule has 0 saturated carbocycles. The average Bonchev–Trinajstić information content (AvgIpc) is 3.00. The van der Waals surface area contributed by atoms with E-state index in [-0.39, 0.29) is 34.7 Å². The number of amides is 2. The molecule has 10 heteroatoms. The Morgan fingerprint density at radius 3 is 2.19 bits per heavy atom. The Labute approximate surface area is 255 Å². The Morgan fingerprint density at radius 1 is 0.930 bits per heavy atom. The molecule has 0 fully saturated rings. The van der Waals surface area contributed by atoms with E-state index in [0.717, 1.165) is 15.4 Å². The normalized spacial score (nSPS) is 12.0. The lowest BCUT2D eigenvalue weighted by Gasteiger charge is -2.33. The molecule has 3 aromatic rings. The molecule has 0 heterocycles. The second-order valence-corrected chi connectivity index (χ2v) is 12.6. The number of anilines is 1. The molecule has 0 bridgehead atoms. The highest BCUT2D eigenvalue weighted by atomic mass is 32.2. The number of benzene rings is 3. The Kier molecular flexibility index (Phi) is 12.0. The van der Waals surface area contributed by atoms with Crippen LogP contribution in [0.5, 0.6) is 11.5 Å². The summed E-state index contributed by atoms with van der Waals surface area (Å²) in [6.45, 7) is 7.83. The molecule has 0 aliphatic rings. The van der Waals surface area contributed by atoms with Crippen molar-refractivity contribution in [1.29, 1.82) is 0 Å². The van der Waals surface area contributed by atoms with Crippen LogP contribution in [-0.2, 0) is 26.0 Å². The van der Waals surface area contributed by atoms with Crippen LogP contribution in [0.4, 0.5) is 5.69 Å². The van der Waals surface area contributed by atoms with E-state index in [2.05, 4.69) is 5.32 Å². The monoisotopic (exact) mass is 609 g/mol. The van der Waals surface area contributed by atoms with Gasteiger partial charge in [0.2, 0.25) is 11.8 Å². The van der Waals surface area contributed by atoms with Gasteiger partial charge in [0.25, 0.3) is 10.0 Å². The highest BCUT2D eigenvalue weighted by molar-refractivity contribution is 7.92. The van der Waals surface area contributed by atoms with E-state index in [1.807, 2.05) is 58.0 Å².